The van der Waals surface area contributed by atoms with E-state index in [-0.39, 0.29) is 12.1 Å². The second-order valence-corrected chi connectivity index (χ2v) is 7.47. The standard InChI is InChI=1S/C19H32N2O2/c22-19(20-17-10-5-2-6-11-17)21(15-18-12-7-13-23-18)14-16-8-3-1-4-9-16/h2,5,16-18H,1,3-4,6-15H2,(H,20,22). The largest absolute Gasteiger partial charge is 0.376 e. The number of amides is 2. The Bertz CT molecular complexity index is 398. The summed E-state index contributed by atoms with van der Waals surface area (Å²) in [6.45, 7) is 2.54. The highest BCUT2D eigenvalue weighted by molar-refractivity contribution is 5.74. The molecular formula is C19H32N2O2. The molecule has 2 aliphatic carbocycles. The van der Waals surface area contributed by atoms with Crippen molar-refractivity contribution in [3.05, 3.63) is 12.2 Å². The zero-order valence-electron chi connectivity index (χ0n) is 14.3. The molecule has 1 saturated carbocycles. The average molecular weight is 320 g/mol. The van der Waals surface area contributed by atoms with Gasteiger partial charge in [-0.15, -0.1) is 0 Å². The van der Waals surface area contributed by atoms with Crippen molar-refractivity contribution in [3.8, 4) is 0 Å². The lowest BCUT2D eigenvalue weighted by Crippen LogP contribution is -2.49. The van der Waals surface area contributed by atoms with E-state index in [1.807, 2.05) is 0 Å². The zero-order valence-corrected chi connectivity index (χ0v) is 14.3. The molecule has 0 spiro atoms. The van der Waals surface area contributed by atoms with Crippen molar-refractivity contribution in [2.75, 3.05) is 19.7 Å². The van der Waals surface area contributed by atoms with Gasteiger partial charge in [-0.2, -0.15) is 0 Å². The number of ether oxygens (including phenoxy) is 1. The van der Waals surface area contributed by atoms with E-state index in [1.54, 1.807) is 0 Å². The number of urea groups is 1. The number of carbonyl (C=O) groups excluding carboxylic acids is 1. The van der Waals surface area contributed by atoms with Crippen molar-refractivity contribution >= 4 is 6.03 Å². The summed E-state index contributed by atoms with van der Waals surface area (Å²) in [5.41, 5.74) is 0. The van der Waals surface area contributed by atoms with Gasteiger partial charge in [0.15, 0.2) is 0 Å². The van der Waals surface area contributed by atoms with Crippen molar-refractivity contribution < 1.29 is 9.53 Å². The first kappa shape index (κ1) is 16.8. The van der Waals surface area contributed by atoms with Gasteiger partial charge in [0.05, 0.1) is 6.10 Å². The summed E-state index contributed by atoms with van der Waals surface area (Å²) in [6.07, 6.45) is 16.6. The van der Waals surface area contributed by atoms with Crippen LogP contribution in [0.1, 0.15) is 64.2 Å². The van der Waals surface area contributed by atoms with Crippen LogP contribution in [-0.4, -0.2) is 42.8 Å². The molecule has 23 heavy (non-hydrogen) atoms. The van der Waals surface area contributed by atoms with Crippen LogP contribution in [0.5, 0.6) is 0 Å². The molecule has 3 aliphatic rings. The normalized spacial score (nSPS) is 28.7. The molecule has 0 radical (unpaired) electrons. The van der Waals surface area contributed by atoms with Crippen LogP contribution in [0.15, 0.2) is 12.2 Å². The molecular weight excluding hydrogens is 288 g/mol. The fourth-order valence-corrected chi connectivity index (χ4v) is 4.15. The predicted molar refractivity (Wildman–Crippen MR) is 92.4 cm³/mol. The van der Waals surface area contributed by atoms with E-state index in [9.17, 15) is 4.79 Å². The summed E-state index contributed by atoms with van der Waals surface area (Å²) in [5, 5.41) is 3.26. The number of nitrogens with zero attached hydrogens (tertiary/aromatic N) is 1. The van der Waals surface area contributed by atoms with Gasteiger partial charge in [0.1, 0.15) is 0 Å². The summed E-state index contributed by atoms with van der Waals surface area (Å²) in [5.74, 6) is 0.683. The second kappa shape index (κ2) is 8.72. The highest BCUT2D eigenvalue weighted by atomic mass is 16.5. The van der Waals surface area contributed by atoms with Gasteiger partial charge in [-0.3, -0.25) is 0 Å². The lowest BCUT2D eigenvalue weighted by Gasteiger charge is -2.33. The maximum Gasteiger partial charge on any atom is 0.317 e. The summed E-state index contributed by atoms with van der Waals surface area (Å²) < 4.78 is 5.78. The molecule has 1 saturated heterocycles. The summed E-state index contributed by atoms with van der Waals surface area (Å²) in [6, 6.07) is 0.442. The number of hydrogen-bond acceptors (Lipinski definition) is 2. The van der Waals surface area contributed by atoms with E-state index < -0.39 is 0 Å². The maximum atomic E-state index is 12.8. The Kier molecular flexibility index (Phi) is 6.37. The third kappa shape index (κ3) is 5.23. The van der Waals surface area contributed by atoms with Crippen LogP contribution in [0.2, 0.25) is 0 Å². The molecule has 2 atom stereocenters. The van der Waals surface area contributed by atoms with Gasteiger partial charge in [-0.25, -0.2) is 4.79 Å². The van der Waals surface area contributed by atoms with Crippen LogP contribution < -0.4 is 5.32 Å². The van der Waals surface area contributed by atoms with Gasteiger partial charge in [0, 0.05) is 25.7 Å². The molecule has 0 aromatic heterocycles. The maximum absolute atomic E-state index is 12.8. The zero-order chi connectivity index (χ0) is 15.9. The summed E-state index contributed by atoms with van der Waals surface area (Å²) >= 11 is 0. The predicted octanol–water partition coefficient (Wildman–Crippen LogP) is 3.87. The molecule has 4 nitrogen and oxygen atoms in total. The van der Waals surface area contributed by atoms with E-state index >= 15 is 0 Å². The van der Waals surface area contributed by atoms with Crippen LogP contribution in [0.4, 0.5) is 4.79 Å². The molecule has 1 heterocycles. The minimum Gasteiger partial charge on any atom is -0.376 e. The lowest BCUT2D eigenvalue weighted by molar-refractivity contribution is 0.0742. The van der Waals surface area contributed by atoms with Gasteiger partial charge < -0.3 is 15.0 Å². The SMILES string of the molecule is O=C(NC1CC=CCC1)N(CC1CCCCC1)CC1CCCO1. The van der Waals surface area contributed by atoms with Gasteiger partial charge in [-0.05, 0) is 50.9 Å². The minimum atomic E-state index is 0.131. The Hall–Kier alpha value is -1.03. The van der Waals surface area contributed by atoms with Crippen LogP contribution in [0.25, 0.3) is 0 Å². The Balaban J connectivity index is 1.55. The first-order valence-corrected chi connectivity index (χ1v) is 9.63. The van der Waals surface area contributed by atoms with E-state index in [0.717, 1.165) is 51.8 Å². The Morgan fingerprint density at radius 1 is 1.04 bits per heavy atom. The quantitative estimate of drug-likeness (QED) is 0.781. The van der Waals surface area contributed by atoms with Gasteiger partial charge in [0.2, 0.25) is 0 Å². The molecule has 0 bridgehead atoms. The molecule has 3 rings (SSSR count). The van der Waals surface area contributed by atoms with Crippen LogP contribution in [-0.2, 0) is 4.74 Å². The molecule has 2 amide bonds. The van der Waals surface area contributed by atoms with Crippen LogP contribution >= 0.6 is 0 Å². The van der Waals surface area contributed by atoms with Crippen molar-refractivity contribution in [3.63, 3.8) is 0 Å². The summed E-state index contributed by atoms with van der Waals surface area (Å²) in [7, 11) is 0. The van der Waals surface area contributed by atoms with Gasteiger partial charge in [-0.1, -0.05) is 31.4 Å². The average Bonchev–Trinajstić information content (AvgIpc) is 3.09. The molecule has 2 unspecified atom stereocenters. The summed E-state index contributed by atoms with van der Waals surface area (Å²) in [4.78, 5) is 14.9. The Morgan fingerprint density at radius 3 is 2.61 bits per heavy atom. The van der Waals surface area contributed by atoms with Crippen LogP contribution in [0, 0.1) is 5.92 Å². The third-order valence-corrected chi connectivity index (χ3v) is 5.54. The topological polar surface area (TPSA) is 41.6 Å². The number of carbonyl (C=O) groups is 1. The van der Waals surface area contributed by atoms with E-state index in [0.29, 0.717) is 12.0 Å². The fourth-order valence-electron chi connectivity index (χ4n) is 4.15. The van der Waals surface area contributed by atoms with Crippen molar-refractivity contribution in [1.29, 1.82) is 0 Å². The number of hydrogen-bond donors (Lipinski definition) is 1. The minimum absolute atomic E-state index is 0.131. The highest BCUT2D eigenvalue weighted by Crippen LogP contribution is 2.25. The Labute approximate surface area is 140 Å². The lowest BCUT2D eigenvalue weighted by atomic mass is 9.89. The van der Waals surface area contributed by atoms with E-state index in [1.165, 1.54) is 32.1 Å². The van der Waals surface area contributed by atoms with Crippen molar-refractivity contribution in [1.82, 2.24) is 10.2 Å². The molecule has 0 aromatic rings. The first-order chi connectivity index (χ1) is 11.3. The number of nitrogens with one attached hydrogen (secondary N) is 1. The van der Waals surface area contributed by atoms with Gasteiger partial charge in [0.25, 0.3) is 0 Å². The third-order valence-electron chi connectivity index (χ3n) is 5.54. The van der Waals surface area contributed by atoms with Crippen LogP contribution in [0.3, 0.4) is 0 Å². The van der Waals surface area contributed by atoms with Crippen molar-refractivity contribution in [2.24, 2.45) is 5.92 Å². The molecule has 1 N–H and O–H groups in total. The number of allylic oxidation sites excluding steroid dienone is 1. The molecule has 130 valence electrons. The molecule has 4 heteroatoms. The second-order valence-electron chi connectivity index (χ2n) is 7.47. The number of rotatable bonds is 5. The Morgan fingerprint density at radius 2 is 1.91 bits per heavy atom. The van der Waals surface area contributed by atoms with Crippen molar-refractivity contribution in [2.45, 2.75) is 76.4 Å². The first-order valence-electron chi connectivity index (χ1n) is 9.63. The smallest absolute Gasteiger partial charge is 0.317 e. The fraction of sp³-hybridized carbons (Fsp3) is 0.842. The van der Waals surface area contributed by atoms with E-state index in [4.69, 9.17) is 4.74 Å². The monoisotopic (exact) mass is 320 g/mol. The highest BCUT2D eigenvalue weighted by Gasteiger charge is 2.27. The van der Waals surface area contributed by atoms with Gasteiger partial charge >= 0.3 is 6.03 Å². The molecule has 0 aromatic carbocycles. The van der Waals surface area contributed by atoms with E-state index in [2.05, 4.69) is 22.4 Å². The molecule has 1 aliphatic heterocycles. The molecule has 2 fully saturated rings.